The molecule has 2 amide bonds. The summed E-state index contributed by atoms with van der Waals surface area (Å²) in [6, 6.07) is 5.77. The number of nitrogens with one attached hydrogen (secondary N) is 2. The Morgan fingerprint density at radius 1 is 1.28 bits per heavy atom. The number of pyridine rings is 1. The van der Waals surface area contributed by atoms with Crippen LogP contribution in [0.15, 0.2) is 36.5 Å². The molecule has 0 fully saturated rings. The summed E-state index contributed by atoms with van der Waals surface area (Å²) in [5.41, 5.74) is 2.98. The molecule has 0 spiro atoms. The Bertz CT molecular complexity index is 748. The van der Waals surface area contributed by atoms with Crippen molar-refractivity contribution in [3.8, 4) is 5.82 Å². The van der Waals surface area contributed by atoms with Gasteiger partial charge in [-0.15, -0.1) is 0 Å². The summed E-state index contributed by atoms with van der Waals surface area (Å²) in [6.45, 7) is 5.15. The van der Waals surface area contributed by atoms with Crippen molar-refractivity contribution in [2.24, 2.45) is 5.92 Å². The molecule has 132 valence electrons. The first-order valence-electron chi connectivity index (χ1n) is 8.77. The molecule has 0 saturated carbocycles. The van der Waals surface area contributed by atoms with Gasteiger partial charge in [-0.1, -0.05) is 18.2 Å². The van der Waals surface area contributed by atoms with E-state index >= 15 is 0 Å². The second kappa shape index (κ2) is 7.96. The largest absolute Gasteiger partial charge is 0.338 e. The smallest absolute Gasteiger partial charge is 0.315 e. The number of carbonyl (C=O) groups excluding carboxylic acids is 1. The van der Waals surface area contributed by atoms with Gasteiger partial charge in [0.2, 0.25) is 0 Å². The number of urea groups is 1. The maximum absolute atomic E-state index is 11.9. The third kappa shape index (κ3) is 4.68. The van der Waals surface area contributed by atoms with Crippen LogP contribution in [0.4, 0.5) is 4.79 Å². The van der Waals surface area contributed by atoms with E-state index in [4.69, 9.17) is 0 Å². The second-order valence-corrected chi connectivity index (χ2v) is 6.58. The molecule has 2 N–H and O–H groups in total. The Morgan fingerprint density at radius 2 is 2.16 bits per heavy atom. The molecule has 2 aromatic heterocycles. The average Bonchev–Trinajstić information content (AvgIpc) is 2.98. The van der Waals surface area contributed by atoms with E-state index < -0.39 is 0 Å². The van der Waals surface area contributed by atoms with E-state index in [9.17, 15) is 4.79 Å². The van der Waals surface area contributed by atoms with E-state index in [2.05, 4.69) is 32.9 Å². The lowest BCUT2D eigenvalue weighted by molar-refractivity contribution is 0.238. The molecule has 6 nitrogen and oxygen atoms in total. The molecular formula is C19H25N5O. The fourth-order valence-corrected chi connectivity index (χ4v) is 3.03. The Morgan fingerprint density at radius 3 is 2.80 bits per heavy atom. The molecule has 25 heavy (non-hydrogen) atoms. The lowest BCUT2D eigenvalue weighted by Gasteiger charge is -2.18. The third-order valence-corrected chi connectivity index (χ3v) is 4.42. The van der Waals surface area contributed by atoms with Gasteiger partial charge in [0.1, 0.15) is 0 Å². The number of allylic oxidation sites excluding steroid dienone is 2. The summed E-state index contributed by atoms with van der Waals surface area (Å²) in [5, 5.41) is 10.3. The van der Waals surface area contributed by atoms with Gasteiger partial charge in [-0.3, -0.25) is 0 Å². The van der Waals surface area contributed by atoms with Crippen molar-refractivity contribution >= 4 is 6.03 Å². The highest BCUT2D eigenvalue weighted by Gasteiger charge is 2.11. The summed E-state index contributed by atoms with van der Waals surface area (Å²) >= 11 is 0. The molecule has 1 atom stereocenters. The molecule has 3 rings (SSSR count). The molecule has 1 aliphatic rings. The number of carbonyl (C=O) groups is 1. The van der Waals surface area contributed by atoms with E-state index in [0.717, 1.165) is 48.6 Å². The second-order valence-electron chi connectivity index (χ2n) is 6.58. The number of hydrogen-bond donors (Lipinski definition) is 2. The van der Waals surface area contributed by atoms with Gasteiger partial charge in [-0.2, -0.15) is 5.10 Å². The van der Waals surface area contributed by atoms with Crippen LogP contribution in [0.25, 0.3) is 5.82 Å². The summed E-state index contributed by atoms with van der Waals surface area (Å²) in [4.78, 5) is 16.4. The van der Waals surface area contributed by atoms with Crippen LogP contribution in [-0.4, -0.2) is 27.3 Å². The molecule has 1 aliphatic carbocycles. The van der Waals surface area contributed by atoms with Crippen LogP contribution in [0.2, 0.25) is 0 Å². The fourth-order valence-electron chi connectivity index (χ4n) is 3.03. The molecule has 0 aliphatic heterocycles. The van der Waals surface area contributed by atoms with Crippen molar-refractivity contribution in [3.05, 3.63) is 53.5 Å². The number of nitrogens with zero attached hydrogens (tertiary/aromatic N) is 3. The zero-order chi connectivity index (χ0) is 17.6. The van der Waals surface area contributed by atoms with Crippen molar-refractivity contribution in [2.75, 3.05) is 6.54 Å². The predicted molar refractivity (Wildman–Crippen MR) is 97.6 cm³/mol. The summed E-state index contributed by atoms with van der Waals surface area (Å²) < 4.78 is 1.82. The summed E-state index contributed by atoms with van der Waals surface area (Å²) in [6.07, 6.45) is 9.49. The zero-order valence-corrected chi connectivity index (χ0v) is 14.8. The van der Waals surface area contributed by atoms with Crippen LogP contribution in [0.3, 0.4) is 0 Å². The Kier molecular flexibility index (Phi) is 5.48. The zero-order valence-electron chi connectivity index (χ0n) is 14.8. The highest BCUT2D eigenvalue weighted by Crippen LogP contribution is 2.16. The van der Waals surface area contributed by atoms with Crippen molar-refractivity contribution in [3.63, 3.8) is 0 Å². The highest BCUT2D eigenvalue weighted by molar-refractivity contribution is 5.73. The third-order valence-electron chi connectivity index (χ3n) is 4.42. The maximum atomic E-state index is 11.9. The summed E-state index contributed by atoms with van der Waals surface area (Å²) in [7, 11) is 0. The maximum Gasteiger partial charge on any atom is 0.315 e. The molecule has 1 unspecified atom stereocenters. The highest BCUT2D eigenvalue weighted by atomic mass is 16.2. The van der Waals surface area contributed by atoms with Crippen molar-refractivity contribution in [2.45, 2.75) is 39.7 Å². The quantitative estimate of drug-likeness (QED) is 0.823. The van der Waals surface area contributed by atoms with E-state index in [-0.39, 0.29) is 6.03 Å². The lowest BCUT2D eigenvalue weighted by Crippen LogP contribution is -2.38. The van der Waals surface area contributed by atoms with Gasteiger partial charge in [0, 0.05) is 25.0 Å². The topological polar surface area (TPSA) is 71.8 Å². The van der Waals surface area contributed by atoms with Gasteiger partial charge >= 0.3 is 6.03 Å². The van der Waals surface area contributed by atoms with Crippen LogP contribution >= 0.6 is 0 Å². The molecule has 2 aromatic rings. The lowest BCUT2D eigenvalue weighted by atomic mass is 9.94. The Labute approximate surface area is 148 Å². The molecule has 6 heteroatoms. The molecule has 0 aromatic carbocycles. The van der Waals surface area contributed by atoms with E-state index in [1.807, 2.05) is 36.7 Å². The van der Waals surface area contributed by atoms with Crippen molar-refractivity contribution in [1.82, 2.24) is 25.4 Å². The Hall–Kier alpha value is -2.63. The van der Waals surface area contributed by atoms with Crippen molar-refractivity contribution in [1.29, 1.82) is 0 Å². The van der Waals surface area contributed by atoms with Crippen LogP contribution in [-0.2, 0) is 6.54 Å². The monoisotopic (exact) mass is 339 g/mol. The Balaban J connectivity index is 1.47. The van der Waals surface area contributed by atoms with Gasteiger partial charge in [0.05, 0.1) is 5.69 Å². The van der Waals surface area contributed by atoms with Gasteiger partial charge in [-0.25, -0.2) is 14.5 Å². The van der Waals surface area contributed by atoms with E-state index in [0.29, 0.717) is 12.5 Å². The summed E-state index contributed by atoms with van der Waals surface area (Å²) in [5.74, 6) is 1.33. The molecular weight excluding hydrogens is 314 g/mol. The van der Waals surface area contributed by atoms with Gasteiger partial charge in [-0.05, 0) is 56.7 Å². The SMILES string of the molecule is Cc1cc(C)n(-c2ccc(CNC(=O)NCC3CC=CCC3)cn2)n1. The number of aryl methyl sites for hydroxylation is 2. The van der Waals surface area contributed by atoms with Crippen LogP contribution in [0.1, 0.15) is 36.2 Å². The standard InChI is InChI=1S/C19H25N5O/c1-14-10-15(2)24(23-14)18-9-8-17(12-20-18)13-22-19(25)21-11-16-6-4-3-5-7-16/h3-4,8-10,12,16H,5-7,11,13H2,1-2H3,(H2,21,22,25). The van der Waals surface area contributed by atoms with Gasteiger partial charge in [0.15, 0.2) is 5.82 Å². The van der Waals surface area contributed by atoms with Crippen molar-refractivity contribution < 1.29 is 4.79 Å². The first kappa shape index (κ1) is 17.2. The molecule has 2 heterocycles. The predicted octanol–water partition coefficient (Wildman–Crippen LogP) is 3.04. The van der Waals surface area contributed by atoms with Crippen LogP contribution < -0.4 is 10.6 Å². The minimum absolute atomic E-state index is 0.128. The minimum Gasteiger partial charge on any atom is -0.338 e. The molecule has 0 bridgehead atoms. The fraction of sp³-hybridized carbons (Fsp3) is 0.421. The van der Waals surface area contributed by atoms with Gasteiger partial charge in [0.25, 0.3) is 0 Å². The average molecular weight is 339 g/mol. The first-order valence-corrected chi connectivity index (χ1v) is 8.77. The normalized spacial score (nSPS) is 16.6. The number of hydrogen-bond acceptors (Lipinski definition) is 3. The first-order chi connectivity index (χ1) is 12.1. The molecule has 0 saturated heterocycles. The van der Waals surface area contributed by atoms with E-state index in [1.165, 1.54) is 0 Å². The number of amides is 2. The van der Waals surface area contributed by atoms with Crippen LogP contribution in [0.5, 0.6) is 0 Å². The van der Waals surface area contributed by atoms with Crippen LogP contribution in [0, 0.1) is 19.8 Å². The van der Waals surface area contributed by atoms with Gasteiger partial charge < -0.3 is 10.6 Å². The number of rotatable bonds is 5. The minimum atomic E-state index is -0.128. The molecule has 0 radical (unpaired) electrons. The van der Waals surface area contributed by atoms with E-state index in [1.54, 1.807) is 6.20 Å². The number of aromatic nitrogens is 3.